The van der Waals surface area contributed by atoms with Crippen molar-refractivity contribution in [2.24, 2.45) is 0 Å². The van der Waals surface area contributed by atoms with Crippen LogP contribution in [0.15, 0.2) is 41.6 Å². The number of aromatic nitrogens is 4. The normalized spacial score (nSPS) is 10.7. The monoisotopic (exact) mass is 418 g/mol. The van der Waals surface area contributed by atoms with Crippen LogP contribution in [0.3, 0.4) is 0 Å². The highest BCUT2D eigenvalue weighted by molar-refractivity contribution is 7.99. The van der Waals surface area contributed by atoms with Crippen molar-refractivity contribution in [3.63, 3.8) is 0 Å². The average molecular weight is 419 g/mol. The van der Waals surface area contributed by atoms with Crippen LogP contribution in [-0.2, 0) is 4.79 Å². The Hall–Kier alpha value is -2.98. The molecule has 9 nitrogen and oxygen atoms in total. The zero-order chi connectivity index (χ0) is 20.3. The first-order chi connectivity index (χ1) is 13.3. The SMILES string of the molecule is Cc1ccc(-n2nnnc2SCC(=O)Nc2ccc(Cl)cc2[N+](=O)[O-])cc1C. The molecule has 0 aliphatic heterocycles. The molecule has 11 heteroatoms. The van der Waals surface area contributed by atoms with Crippen molar-refractivity contribution in [2.45, 2.75) is 19.0 Å². The molecule has 1 N–H and O–H groups in total. The molecule has 3 rings (SSSR count). The summed E-state index contributed by atoms with van der Waals surface area (Å²) in [5.74, 6) is -0.449. The van der Waals surface area contributed by atoms with Crippen molar-refractivity contribution in [3.05, 3.63) is 62.7 Å². The van der Waals surface area contributed by atoms with Gasteiger partial charge in [0, 0.05) is 11.1 Å². The van der Waals surface area contributed by atoms with Crippen molar-refractivity contribution >= 4 is 40.6 Å². The number of amides is 1. The molecule has 3 aromatic rings. The number of benzene rings is 2. The number of nitro benzene ring substituents is 1. The average Bonchev–Trinajstić information content (AvgIpc) is 3.12. The Morgan fingerprint density at radius 2 is 2.04 bits per heavy atom. The summed E-state index contributed by atoms with van der Waals surface area (Å²) in [5.41, 5.74) is 2.83. The molecule has 0 atom stereocenters. The van der Waals surface area contributed by atoms with E-state index in [4.69, 9.17) is 11.6 Å². The van der Waals surface area contributed by atoms with Crippen LogP contribution in [0.25, 0.3) is 5.69 Å². The molecule has 1 amide bonds. The molecule has 2 aromatic carbocycles. The van der Waals surface area contributed by atoms with E-state index in [0.717, 1.165) is 28.6 Å². The van der Waals surface area contributed by atoms with Gasteiger partial charge in [-0.2, -0.15) is 4.68 Å². The number of hydrogen-bond donors (Lipinski definition) is 1. The molecule has 1 aromatic heterocycles. The first-order valence-corrected chi connectivity index (χ1v) is 9.44. The lowest BCUT2D eigenvalue weighted by atomic mass is 10.1. The summed E-state index contributed by atoms with van der Waals surface area (Å²) < 4.78 is 1.54. The molecular weight excluding hydrogens is 404 g/mol. The Morgan fingerprint density at radius 1 is 1.25 bits per heavy atom. The quantitative estimate of drug-likeness (QED) is 0.369. The van der Waals surface area contributed by atoms with Gasteiger partial charge in [-0.05, 0) is 59.7 Å². The number of tetrazole rings is 1. The predicted octanol–water partition coefficient (Wildman–Crippen LogP) is 3.57. The third-order valence-corrected chi connectivity index (χ3v) is 5.09. The van der Waals surface area contributed by atoms with Crippen molar-refractivity contribution in [2.75, 3.05) is 11.1 Å². The highest BCUT2D eigenvalue weighted by Crippen LogP contribution is 2.28. The number of aryl methyl sites for hydroxylation is 2. The number of nitrogens with zero attached hydrogens (tertiary/aromatic N) is 5. The second-order valence-corrected chi connectivity index (χ2v) is 7.28. The van der Waals surface area contributed by atoms with Gasteiger partial charge in [-0.3, -0.25) is 14.9 Å². The fraction of sp³-hybridized carbons (Fsp3) is 0.176. The van der Waals surface area contributed by atoms with Gasteiger partial charge in [0.05, 0.1) is 16.4 Å². The molecule has 0 aliphatic carbocycles. The summed E-state index contributed by atoms with van der Waals surface area (Å²) in [5, 5.41) is 25.9. The van der Waals surface area contributed by atoms with Gasteiger partial charge in [-0.15, -0.1) is 5.10 Å². The van der Waals surface area contributed by atoms with Crippen LogP contribution in [0, 0.1) is 24.0 Å². The Bertz CT molecular complexity index is 1060. The fourth-order valence-corrected chi connectivity index (χ4v) is 3.22. The highest BCUT2D eigenvalue weighted by atomic mass is 35.5. The molecule has 0 radical (unpaired) electrons. The topological polar surface area (TPSA) is 116 Å². The summed E-state index contributed by atoms with van der Waals surface area (Å²) in [7, 11) is 0. The maximum Gasteiger partial charge on any atom is 0.294 e. The standard InChI is InChI=1S/C17H15ClN6O3S/c1-10-3-5-13(7-11(10)2)23-17(20-21-22-23)28-9-16(25)19-14-6-4-12(18)8-15(14)24(26)27/h3-8H,9H2,1-2H3,(H,19,25). The van der Waals surface area contributed by atoms with Crippen LogP contribution in [0.2, 0.25) is 5.02 Å². The number of halogens is 1. The zero-order valence-corrected chi connectivity index (χ0v) is 16.5. The van der Waals surface area contributed by atoms with E-state index in [1.165, 1.54) is 22.9 Å². The summed E-state index contributed by atoms with van der Waals surface area (Å²) in [6, 6.07) is 9.85. The first kappa shape index (κ1) is 19.8. The van der Waals surface area contributed by atoms with Gasteiger partial charge < -0.3 is 5.32 Å². The van der Waals surface area contributed by atoms with Crippen LogP contribution in [0.4, 0.5) is 11.4 Å². The number of nitro groups is 1. The van der Waals surface area contributed by atoms with E-state index >= 15 is 0 Å². The number of thioether (sulfide) groups is 1. The minimum atomic E-state index is -0.602. The zero-order valence-electron chi connectivity index (χ0n) is 14.9. The number of anilines is 1. The van der Waals surface area contributed by atoms with E-state index in [-0.39, 0.29) is 22.2 Å². The molecule has 1 heterocycles. The number of carbonyl (C=O) groups is 1. The van der Waals surface area contributed by atoms with Gasteiger partial charge in [0.25, 0.3) is 5.69 Å². The summed E-state index contributed by atoms with van der Waals surface area (Å²) >= 11 is 6.90. The van der Waals surface area contributed by atoms with Crippen LogP contribution in [0.1, 0.15) is 11.1 Å². The number of hydrogen-bond acceptors (Lipinski definition) is 7. The maximum absolute atomic E-state index is 12.2. The van der Waals surface area contributed by atoms with Gasteiger partial charge in [0.15, 0.2) is 0 Å². The van der Waals surface area contributed by atoms with Crippen molar-refractivity contribution in [1.82, 2.24) is 20.2 Å². The van der Waals surface area contributed by atoms with E-state index in [9.17, 15) is 14.9 Å². The van der Waals surface area contributed by atoms with Gasteiger partial charge in [-0.1, -0.05) is 29.4 Å². The van der Waals surface area contributed by atoms with Crippen molar-refractivity contribution in [1.29, 1.82) is 0 Å². The molecule has 0 spiro atoms. The Kier molecular flexibility index (Phi) is 5.90. The van der Waals surface area contributed by atoms with E-state index in [1.54, 1.807) is 0 Å². The lowest BCUT2D eigenvalue weighted by molar-refractivity contribution is -0.383. The maximum atomic E-state index is 12.2. The first-order valence-electron chi connectivity index (χ1n) is 8.08. The summed E-state index contributed by atoms with van der Waals surface area (Å²) in [6.07, 6.45) is 0. The highest BCUT2D eigenvalue weighted by Gasteiger charge is 2.18. The lowest BCUT2D eigenvalue weighted by Crippen LogP contribution is -2.15. The predicted molar refractivity (Wildman–Crippen MR) is 106 cm³/mol. The van der Waals surface area contributed by atoms with Gasteiger partial charge in [0.2, 0.25) is 11.1 Å². The lowest BCUT2D eigenvalue weighted by Gasteiger charge is -2.08. The van der Waals surface area contributed by atoms with Gasteiger partial charge in [0.1, 0.15) is 5.69 Å². The molecule has 144 valence electrons. The minimum absolute atomic E-state index is 0.0228. The van der Waals surface area contributed by atoms with Crippen molar-refractivity contribution in [3.8, 4) is 5.69 Å². The molecule has 0 aliphatic rings. The van der Waals surface area contributed by atoms with Crippen LogP contribution in [0.5, 0.6) is 0 Å². The second-order valence-electron chi connectivity index (χ2n) is 5.90. The molecule has 0 bridgehead atoms. The van der Waals surface area contributed by atoms with Crippen molar-refractivity contribution < 1.29 is 9.72 Å². The third kappa shape index (κ3) is 4.46. The molecule has 0 fully saturated rings. The smallest absolute Gasteiger partial charge is 0.294 e. The summed E-state index contributed by atoms with van der Waals surface area (Å²) in [6.45, 7) is 4.00. The van der Waals surface area contributed by atoms with E-state index in [2.05, 4.69) is 20.8 Å². The van der Waals surface area contributed by atoms with Crippen LogP contribution in [-0.4, -0.2) is 36.8 Å². The van der Waals surface area contributed by atoms with Crippen LogP contribution < -0.4 is 5.32 Å². The molecular formula is C17H15ClN6O3S. The van der Waals surface area contributed by atoms with E-state index in [1.807, 2.05) is 32.0 Å². The number of rotatable bonds is 6. The van der Waals surface area contributed by atoms with E-state index in [0.29, 0.717) is 5.16 Å². The Balaban J connectivity index is 1.70. The van der Waals surface area contributed by atoms with Gasteiger partial charge >= 0.3 is 0 Å². The molecule has 28 heavy (non-hydrogen) atoms. The third-order valence-electron chi connectivity index (χ3n) is 3.94. The van der Waals surface area contributed by atoms with E-state index < -0.39 is 10.8 Å². The second kappa shape index (κ2) is 8.36. The number of carbonyl (C=O) groups excluding carboxylic acids is 1. The fourth-order valence-electron chi connectivity index (χ4n) is 2.37. The minimum Gasteiger partial charge on any atom is -0.320 e. The summed E-state index contributed by atoms with van der Waals surface area (Å²) in [4.78, 5) is 22.8. The number of nitrogens with one attached hydrogen (secondary N) is 1. The molecule has 0 unspecified atom stereocenters. The Labute approximate surface area is 169 Å². The Morgan fingerprint density at radius 3 is 2.75 bits per heavy atom. The molecule has 0 saturated heterocycles. The molecule has 0 saturated carbocycles. The van der Waals surface area contributed by atoms with Gasteiger partial charge in [-0.25, -0.2) is 0 Å². The van der Waals surface area contributed by atoms with Crippen LogP contribution >= 0.6 is 23.4 Å². The largest absolute Gasteiger partial charge is 0.320 e.